The molecule has 0 aliphatic carbocycles. The number of carbonyl (C=O) groups excluding carboxylic acids is 1. The van der Waals surface area contributed by atoms with E-state index in [0.29, 0.717) is 0 Å². The van der Waals surface area contributed by atoms with Crippen LogP contribution >= 0.6 is 0 Å². The highest BCUT2D eigenvalue weighted by molar-refractivity contribution is 5.91. The number of carboxylic acids is 1. The lowest BCUT2D eigenvalue weighted by Crippen LogP contribution is -2.34. The Morgan fingerprint density at radius 2 is 1.43 bits per heavy atom. The van der Waals surface area contributed by atoms with Crippen LogP contribution < -0.4 is 10.5 Å². The van der Waals surface area contributed by atoms with Crippen molar-refractivity contribution in [1.82, 2.24) is 4.98 Å². The van der Waals surface area contributed by atoms with E-state index in [2.05, 4.69) is 4.98 Å². The van der Waals surface area contributed by atoms with Crippen molar-refractivity contribution in [3.8, 4) is 57.5 Å². The molecule has 49 heavy (non-hydrogen) atoms. The van der Waals surface area contributed by atoms with Crippen LogP contribution in [0.3, 0.4) is 0 Å². The van der Waals surface area contributed by atoms with Gasteiger partial charge in [0, 0.05) is 53.2 Å². The average molecular weight is 679 g/mol. The zero-order valence-electron chi connectivity index (χ0n) is 25.1. The Kier molecular flexibility index (Phi) is 9.08. The minimum absolute atomic E-state index is 0.0526. The van der Waals surface area contributed by atoms with Crippen LogP contribution in [0.5, 0.6) is 57.5 Å². The summed E-state index contributed by atoms with van der Waals surface area (Å²) in [5.74, 6) is -6.94. The van der Waals surface area contributed by atoms with Gasteiger partial charge in [-0.05, 0) is 48.0 Å². The maximum Gasteiger partial charge on any atom is 0.338 e. The molecule has 6 rings (SSSR count). The summed E-state index contributed by atoms with van der Waals surface area (Å²) in [6.07, 6.45) is -0.539. The number of aromatic hydroxyl groups is 9. The molecule has 13 N–H and O–H groups in total. The summed E-state index contributed by atoms with van der Waals surface area (Å²) in [6.45, 7) is 0. The van der Waals surface area contributed by atoms with Crippen molar-refractivity contribution in [1.29, 1.82) is 0 Å². The van der Waals surface area contributed by atoms with Gasteiger partial charge in [-0.2, -0.15) is 0 Å². The quantitative estimate of drug-likeness (QED) is 0.0907. The molecule has 0 spiro atoms. The third-order valence-corrected chi connectivity index (χ3v) is 7.66. The number of aromatic amines is 1. The van der Waals surface area contributed by atoms with Crippen LogP contribution in [0.15, 0.2) is 60.8 Å². The van der Waals surface area contributed by atoms with Crippen molar-refractivity contribution in [3.63, 3.8) is 0 Å². The number of phenolic OH excluding ortho intramolecular Hbond substituents is 9. The van der Waals surface area contributed by atoms with E-state index in [1.54, 1.807) is 24.4 Å². The number of aromatic nitrogens is 1. The summed E-state index contributed by atoms with van der Waals surface area (Å²) in [5, 5.41) is 97.1. The molecule has 0 radical (unpaired) electrons. The number of nitrogens with two attached hydrogens (primary N) is 1. The number of benzene rings is 4. The number of H-pyrrole nitrogens is 1. The molecular formula is C33H30N2O14. The minimum atomic E-state index is -1.18. The van der Waals surface area contributed by atoms with E-state index in [9.17, 15) is 55.5 Å². The van der Waals surface area contributed by atoms with Crippen molar-refractivity contribution >= 4 is 22.8 Å². The van der Waals surface area contributed by atoms with Gasteiger partial charge in [-0.1, -0.05) is 0 Å². The van der Waals surface area contributed by atoms with Crippen LogP contribution in [0.4, 0.5) is 0 Å². The topological polar surface area (TPSA) is 297 Å². The summed E-state index contributed by atoms with van der Waals surface area (Å²) in [5.41, 5.74) is 7.09. The Bertz CT molecular complexity index is 2030. The summed E-state index contributed by atoms with van der Waals surface area (Å²) in [7, 11) is 0. The van der Waals surface area contributed by atoms with Gasteiger partial charge in [-0.25, -0.2) is 4.79 Å². The number of carbonyl (C=O) groups is 2. The highest BCUT2D eigenvalue weighted by Crippen LogP contribution is 2.46. The zero-order chi connectivity index (χ0) is 35.7. The molecule has 0 fully saturated rings. The first-order chi connectivity index (χ1) is 23.1. The maximum absolute atomic E-state index is 12.7. The standard InChI is InChI=1S/C22H18O11.C11H12N2O3/c23-10-5-12(24)11-7-18(33-22(31)9-3-15(27)20(30)16(28)4-9)21(32-17(11)6-10)8-1-13(25)19(29)14(26)2-8;12-9(11(15)16)3-6-5-13-10-2-1-7(14)4-8(6)10/h1-6,18,21,23-30H,7H2;1-2,4-5,9,13-14H,3,12H2,(H,15,16)/t18-,21-;9-/m10/s1. The van der Waals surface area contributed by atoms with Gasteiger partial charge < -0.3 is 71.3 Å². The number of phenols is 9. The van der Waals surface area contributed by atoms with Gasteiger partial charge in [-0.15, -0.1) is 0 Å². The van der Waals surface area contributed by atoms with Crippen molar-refractivity contribution in [2.24, 2.45) is 5.73 Å². The van der Waals surface area contributed by atoms with E-state index >= 15 is 0 Å². The number of fused-ring (bicyclic) bond motifs is 2. The van der Waals surface area contributed by atoms with Crippen LogP contribution in [0.1, 0.15) is 33.2 Å². The Hall–Kier alpha value is -6.68. The van der Waals surface area contributed by atoms with Gasteiger partial charge in [0.1, 0.15) is 35.1 Å². The van der Waals surface area contributed by atoms with Crippen molar-refractivity contribution in [2.45, 2.75) is 31.1 Å². The molecule has 0 amide bonds. The molecule has 1 aliphatic rings. The number of carboxylic acid groups (broad SMARTS) is 1. The molecule has 3 atom stereocenters. The molecular weight excluding hydrogens is 648 g/mol. The van der Waals surface area contributed by atoms with Crippen LogP contribution in [0, 0.1) is 0 Å². The second-order valence-electron chi connectivity index (χ2n) is 11.1. The predicted molar refractivity (Wildman–Crippen MR) is 168 cm³/mol. The summed E-state index contributed by atoms with van der Waals surface area (Å²) in [6, 6.07) is 10.2. The molecule has 2 heterocycles. The van der Waals surface area contributed by atoms with Crippen LogP contribution in [0.25, 0.3) is 10.9 Å². The lowest BCUT2D eigenvalue weighted by molar-refractivity contribution is -0.138. The average Bonchev–Trinajstić information content (AvgIpc) is 3.43. The van der Waals surface area contributed by atoms with Crippen molar-refractivity contribution in [3.05, 3.63) is 83.0 Å². The van der Waals surface area contributed by atoms with Crippen LogP contribution in [-0.2, 0) is 22.4 Å². The second kappa shape index (κ2) is 13.2. The zero-order valence-corrected chi connectivity index (χ0v) is 25.1. The Balaban J connectivity index is 0.000000244. The molecule has 0 saturated heterocycles. The second-order valence-corrected chi connectivity index (χ2v) is 11.1. The third-order valence-electron chi connectivity index (χ3n) is 7.66. The number of aliphatic carboxylic acids is 1. The largest absolute Gasteiger partial charge is 0.508 e. The Morgan fingerprint density at radius 1 is 0.816 bits per heavy atom. The van der Waals surface area contributed by atoms with E-state index in [-0.39, 0.29) is 52.5 Å². The lowest BCUT2D eigenvalue weighted by atomic mass is 9.93. The molecule has 0 saturated carbocycles. The fourth-order valence-electron chi connectivity index (χ4n) is 5.21. The van der Waals surface area contributed by atoms with Gasteiger partial charge in [-0.3, -0.25) is 4.79 Å². The molecule has 16 nitrogen and oxygen atoms in total. The highest BCUT2D eigenvalue weighted by Gasteiger charge is 2.37. The monoisotopic (exact) mass is 678 g/mol. The molecule has 0 bridgehead atoms. The van der Waals surface area contributed by atoms with Gasteiger partial charge in [0.05, 0.1) is 5.56 Å². The minimum Gasteiger partial charge on any atom is -0.508 e. The summed E-state index contributed by atoms with van der Waals surface area (Å²) in [4.78, 5) is 26.4. The normalized spacial score (nSPS) is 15.7. The Labute approximate surface area is 275 Å². The molecule has 4 aromatic carbocycles. The number of nitrogens with one attached hydrogen (secondary N) is 1. The maximum atomic E-state index is 12.7. The molecule has 5 aromatic rings. The van der Waals surface area contributed by atoms with Crippen molar-refractivity contribution < 1.29 is 70.1 Å². The van der Waals surface area contributed by atoms with E-state index in [1.807, 2.05) is 0 Å². The third kappa shape index (κ3) is 7.03. The smallest absolute Gasteiger partial charge is 0.338 e. The van der Waals surface area contributed by atoms with Gasteiger partial charge >= 0.3 is 11.9 Å². The predicted octanol–water partition coefficient (Wildman–Crippen LogP) is 3.06. The molecule has 0 unspecified atom stereocenters. The molecule has 16 heteroatoms. The fraction of sp³-hybridized carbons (Fsp3) is 0.152. The van der Waals surface area contributed by atoms with Crippen LogP contribution in [-0.4, -0.2) is 80.1 Å². The number of hydrogen-bond acceptors (Lipinski definition) is 14. The Morgan fingerprint density at radius 3 is 2.04 bits per heavy atom. The number of esters is 1. The number of ether oxygens (including phenoxy) is 2. The van der Waals surface area contributed by atoms with E-state index in [1.165, 1.54) is 6.07 Å². The number of rotatable bonds is 6. The van der Waals surface area contributed by atoms with E-state index in [0.717, 1.165) is 46.8 Å². The van der Waals surface area contributed by atoms with E-state index < -0.39 is 64.7 Å². The number of hydrogen-bond donors (Lipinski definition) is 12. The molecule has 1 aliphatic heterocycles. The van der Waals surface area contributed by atoms with Gasteiger partial charge in [0.15, 0.2) is 40.6 Å². The summed E-state index contributed by atoms with van der Waals surface area (Å²) < 4.78 is 11.3. The lowest BCUT2D eigenvalue weighted by Gasteiger charge is -2.34. The summed E-state index contributed by atoms with van der Waals surface area (Å²) >= 11 is 0. The SMILES string of the molecule is N[C@@H](Cc1c[nH]c2ccc(O)cc12)C(=O)O.O=C(O[C@@H]1Cc2c(O)cc(O)cc2O[C@@H]1c1cc(O)c(O)c(O)c1)c1cc(O)c(O)c(O)c1. The highest BCUT2D eigenvalue weighted by atomic mass is 16.6. The molecule has 1 aromatic heterocycles. The first-order valence-electron chi connectivity index (χ1n) is 14.3. The first kappa shape index (κ1) is 33.7. The molecule has 256 valence electrons. The van der Waals surface area contributed by atoms with Gasteiger partial charge in [0.2, 0.25) is 0 Å². The first-order valence-corrected chi connectivity index (χ1v) is 14.3. The van der Waals surface area contributed by atoms with Crippen LogP contribution in [0.2, 0.25) is 0 Å². The fourth-order valence-corrected chi connectivity index (χ4v) is 5.21. The van der Waals surface area contributed by atoms with E-state index in [4.69, 9.17) is 20.3 Å². The van der Waals surface area contributed by atoms with Crippen molar-refractivity contribution in [2.75, 3.05) is 0 Å². The van der Waals surface area contributed by atoms with Gasteiger partial charge in [0.25, 0.3) is 0 Å².